The lowest BCUT2D eigenvalue weighted by molar-refractivity contribution is 0.0691. The third-order valence-electron chi connectivity index (χ3n) is 1.75. The van der Waals surface area contributed by atoms with Gasteiger partial charge in [-0.15, -0.1) is 6.42 Å². The van der Waals surface area contributed by atoms with Crippen molar-refractivity contribution >= 4 is 23.4 Å². The predicted octanol–water partition coefficient (Wildman–Crippen LogP) is 1.50. The van der Waals surface area contributed by atoms with Crippen LogP contribution in [0.2, 0.25) is 5.02 Å². The Morgan fingerprint density at radius 2 is 2.40 bits per heavy atom. The van der Waals surface area contributed by atoms with E-state index < -0.39 is 5.97 Å². The highest BCUT2D eigenvalue weighted by Crippen LogP contribution is 2.18. The highest BCUT2D eigenvalue weighted by molar-refractivity contribution is 6.33. The summed E-state index contributed by atoms with van der Waals surface area (Å²) in [6, 6.07) is 3.10. The maximum absolute atomic E-state index is 10.7. The Hall–Kier alpha value is -1.73. The second kappa shape index (κ2) is 4.67. The second-order valence-corrected chi connectivity index (χ2v) is 3.27. The Bertz CT molecular complexity index is 426. The first-order valence-electron chi connectivity index (χ1n) is 4.10. The zero-order valence-corrected chi connectivity index (χ0v) is 8.82. The third-order valence-corrected chi connectivity index (χ3v) is 2.06. The average Bonchev–Trinajstić information content (AvgIpc) is 2.18. The zero-order valence-electron chi connectivity index (χ0n) is 8.07. The van der Waals surface area contributed by atoms with Gasteiger partial charge in [0.25, 0.3) is 0 Å². The number of nitrogens with zero attached hydrogens (tertiary/aromatic N) is 2. The molecule has 0 aliphatic carbocycles. The smallest absolute Gasteiger partial charge is 0.356 e. The zero-order chi connectivity index (χ0) is 11.4. The van der Waals surface area contributed by atoms with Crippen molar-refractivity contribution in [2.75, 3.05) is 18.5 Å². The first-order valence-corrected chi connectivity index (χ1v) is 4.48. The van der Waals surface area contributed by atoms with Gasteiger partial charge in [0, 0.05) is 7.05 Å². The van der Waals surface area contributed by atoms with Crippen molar-refractivity contribution in [3.8, 4) is 12.3 Å². The van der Waals surface area contributed by atoms with Crippen LogP contribution in [0.3, 0.4) is 0 Å². The second-order valence-electron chi connectivity index (χ2n) is 2.87. The van der Waals surface area contributed by atoms with Crippen molar-refractivity contribution in [3.05, 3.63) is 22.8 Å². The largest absolute Gasteiger partial charge is 0.476 e. The Kier molecular flexibility index (Phi) is 3.53. The molecular weight excluding hydrogens is 216 g/mol. The van der Waals surface area contributed by atoms with E-state index in [1.807, 2.05) is 0 Å². The molecule has 0 fully saturated rings. The van der Waals surface area contributed by atoms with Crippen LogP contribution in [0, 0.1) is 12.3 Å². The van der Waals surface area contributed by atoms with Crippen LogP contribution in [0.25, 0.3) is 0 Å². The van der Waals surface area contributed by atoms with E-state index in [4.69, 9.17) is 23.1 Å². The molecule has 0 aliphatic heterocycles. The molecule has 0 amide bonds. The van der Waals surface area contributed by atoms with Crippen LogP contribution in [-0.4, -0.2) is 29.7 Å². The van der Waals surface area contributed by atoms with Gasteiger partial charge in [-0.25, -0.2) is 9.78 Å². The molecule has 1 aromatic heterocycles. The predicted molar refractivity (Wildman–Crippen MR) is 58.3 cm³/mol. The number of rotatable bonds is 3. The summed E-state index contributed by atoms with van der Waals surface area (Å²) in [6.07, 6.45) is 5.13. The number of terminal acetylenes is 1. The van der Waals surface area contributed by atoms with Crippen molar-refractivity contribution in [1.29, 1.82) is 0 Å². The Morgan fingerprint density at radius 1 is 1.73 bits per heavy atom. The summed E-state index contributed by atoms with van der Waals surface area (Å²) < 4.78 is 0. The van der Waals surface area contributed by atoms with Crippen LogP contribution in [0.15, 0.2) is 12.1 Å². The van der Waals surface area contributed by atoms with Gasteiger partial charge >= 0.3 is 5.97 Å². The summed E-state index contributed by atoms with van der Waals surface area (Å²) >= 11 is 5.67. The molecule has 1 heterocycles. The first-order chi connectivity index (χ1) is 7.06. The van der Waals surface area contributed by atoms with Crippen LogP contribution in [-0.2, 0) is 0 Å². The topological polar surface area (TPSA) is 53.4 Å². The van der Waals surface area contributed by atoms with Crippen LogP contribution < -0.4 is 4.90 Å². The molecule has 0 unspecified atom stereocenters. The maximum Gasteiger partial charge on any atom is 0.356 e. The van der Waals surface area contributed by atoms with Crippen LogP contribution in [0.1, 0.15) is 10.5 Å². The average molecular weight is 225 g/mol. The van der Waals surface area contributed by atoms with Crippen molar-refractivity contribution in [2.45, 2.75) is 0 Å². The number of carbonyl (C=O) groups is 1. The standard InChI is InChI=1S/C10H9ClN2O2/c1-3-6-13(2)8-5-4-7(11)9(12-8)10(14)15/h1,4-5H,6H2,2H3,(H,14,15). The lowest BCUT2D eigenvalue weighted by Crippen LogP contribution is -2.19. The fourth-order valence-corrected chi connectivity index (χ4v) is 1.20. The van der Waals surface area contributed by atoms with Gasteiger partial charge < -0.3 is 10.0 Å². The van der Waals surface area contributed by atoms with Crippen molar-refractivity contribution in [2.24, 2.45) is 0 Å². The fourth-order valence-electron chi connectivity index (χ4n) is 1.01. The molecule has 1 N–H and O–H groups in total. The van der Waals surface area contributed by atoms with E-state index >= 15 is 0 Å². The maximum atomic E-state index is 10.7. The third kappa shape index (κ3) is 2.61. The quantitative estimate of drug-likeness (QED) is 0.791. The van der Waals surface area contributed by atoms with Crippen molar-refractivity contribution in [1.82, 2.24) is 4.98 Å². The number of carboxylic acids is 1. The van der Waals surface area contributed by atoms with Crippen LogP contribution in [0.5, 0.6) is 0 Å². The van der Waals surface area contributed by atoms with E-state index in [2.05, 4.69) is 10.9 Å². The minimum absolute atomic E-state index is 0.111. The number of halogens is 1. The van der Waals surface area contributed by atoms with Gasteiger partial charge in [-0.1, -0.05) is 17.5 Å². The molecule has 0 atom stereocenters. The number of aromatic nitrogens is 1. The number of anilines is 1. The number of carboxylic acid groups (broad SMARTS) is 1. The molecule has 0 aliphatic rings. The van der Waals surface area contributed by atoms with Gasteiger partial charge in [-0.3, -0.25) is 0 Å². The van der Waals surface area contributed by atoms with E-state index in [1.165, 1.54) is 6.07 Å². The van der Waals surface area contributed by atoms with Gasteiger partial charge in [-0.2, -0.15) is 0 Å². The van der Waals surface area contributed by atoms with E-state index in [1.54, 1.807) is 18.0 Å². The SMILES string of the molecule is C#CCN(C)c1ccc(Cl)c(C(=O)O)n1. The minimum atomic E-state index is -1.16. The molecule has 0 bridgehead atoms. The number of hydrogen-bond acceptors (Lipinski definition) is 3. The molecule has 5 heteroatoms. The van der Waals surface area contributed by atoms with Crippen molar-refractivity contribution < 1.29 is 9.90 Å². The van der Waals surface area contributed by atoms with E-state index in [9.17, 15) is 4.79 Å². The summed E-state index contributed by atoms with van der Waals surface area (Å²) in [5.74, 6) is 1.76. The normalized spacial score (nSPS) is 9.40. The van der Waals surface area contributed by atoms with E-state index in [-0.39, 0.29) is 10.7 Å². The van der Waals surface area contributed by atoms with Crippen LogP contribution >= 0.6 is 11.6 Å². The van der Waals surface area contributed by atoms with Gasteiger partial charge in [-0.05, 0) is 12.1 Å². The molecule has 78 valence electrons. The number of aromatic carboxylic acids is 1. The summed E-state index contributed by atoms with van der Waals surface area (Å²) in [7, 11) is 1.72. The fraction of sp³-hybridized carbons (Fsp3) is 0.200. The summed E-state index contributed by atoms with van der Waals surface area (Å²) in [5, 5.41) is 8.91. The molecule has 1 aromatic rings. The molecule has 0 saturated carbocycles. The first kappa shape index (κ1) is 11.3. The molecule has 0 spiro atoms. The molecule has 15 heavy (non-hydrogen) atoms. The Balaban J connectivity index is 3.08. The molecule has 0 aromatic carbocycles. The van der Waals surface area contributed by atoms with Crippen molar-refractivity contribution in [3.63, 3.8) is 0 Å². The molecule has 1 rings (SSSR count). The lowest BCUT2D eigenvalue weighted by atomic mass is 10.3. The molecular formula is C10H9ClN2O2. The highest BCUT2D eigenvalue weighted by atomic mass is 35.5. The lowest BCUT2D eigenvalue weighted by Gasteiger charge is -2.15. The Morgan fingerprint density at radius 3 is 2.93 bits per heavy atom. The summed E-state index contributed by atoms with van der Waals surface area (Å²) in [4.78, 5) is 16.3. The molecule has 4 nitrogen and oxygen atoms in total. The van der Waals surface area contributed by atoms with Gasteiger partial charge in [0.2, 0.25) is 0 Å². The van der Waals surface area contributed by atoms with E-state index in [0.717, 1.165) is 0 Å². The number of pyridine rings is 1. The van der Waals surface area contributed by atoms with Gasteiger partial charge in [0.15, 0.2) is 5.69 Å². The summed E-state index contributed by atoms with van der Waals surface area (Å²) in [5.41, 5.74) is -0.168. The van der Waals surface area contributed by atoms with Gasteiger partial charge in [0.1, 0.15) is 5.82 Å². The Labute approximate surface area is 92.5 Å². The monoisotopic (exact) mass is 224 g/mol. The summed E-state index contributed by atoms with van der Waals surface area (Å²) in [6.45, 7) is 0.355. The van der Waals surface area contributed by atoms with Gasteiger partial charge in [0.05, 0.1) is 11.6 Å². The molecule has 0 radical (unpaired) electrons. The number of hydrogen-bond donors (Lipinski definition) is 1. The molecule has 0 saturated heterocycles. The van der Waals surface area contributed by atoms with Crippen LogP contribution in [0.4, 0.5) is 5.82 Å². The van der Waals surface area contributed by atoms with E-state index in [0.29, 0.717) is 12.4 Å². The minimum Gasteiger partial charge on any atom is -0.476 e. The highest BCUT2D eigenvalue weighted by Gasteiger charge is 2.12.